The Balaban J connectivity index is 1.60. The van der Waals surface area contributed by atoms with E-state index >= 15 is 0 Å². The van der Waals surface area contributed by atoms with E-state index in [4.69, 9.17) is 4.99 Å². The minimum absolute atomic E-state index is 0.414. The number of aromatic nitrogens is 1. The number of H-pyrrole nitrogens is 1. The van der Waals surface area contributed by atoms with Crippen LogP contribution in [0.2, 0.25) is 0 Å². The van der Waals surface area contributed by atoms with Crippen LogP contribution in [0.3, 0.4) is 0 Å². The molecule has 2 aliphatic heterocycles. The van der Waals surface area contributed by atoms with Crippen molar-refractivity contribution in [3.05, 3.63) is 76.4 Å². The molecule has 3 nitrogen and oxygen atoms in total. The van der Waals surface area contributed by atoms with E-state index in [0.29, 0.717) is 6.04 Å². The summed E-state index contributed by atoms with van der Waals surface area (Å²) in [4.78, 5) is 8.11. The molecule has 0 amide bonds. The van der Waals surface area contributed by atoms with E-state index in [1.54, 1.807) is 0 Å². The van der Waals surface area contributed by atoms with Crippen LogP contribution in [-0.4, -0.2) is 16.7 Å². The van der Waals surface area contributed by atoms with Crippen molar-refractivity contribution in [2.45, 2.75) is 26.3 Å². The lowest BCUT2D eigenvalue weighted by atomic mass is 10.0. The fraction of sp³-hybridized carbons (Fsp3) is 0.211. The minimum Gasteiger partial charge on any atom is -0.376 e. The molecule has 1 aromatic heterocycles. The summed E-state index contributed by atoms with van der Waals surface area (Å²) in [5.41, 5.74) is 8.05. The number of nitrogens with one attached hydrogen (secondary N) is 2. The van der Waals surface area contributed by atoms with Crippen molar-refractivity contribution in [3.63, 3.8) is 0 Å². The monoisotopic (exact) mass is 289 g/mol. The van der Waals surface area contributed by atoms with Crippen molar-refractivity contribution >= 4 is 11.8 Å². The van der Waals surface area contributed by atoms with Gasteiger partial charge < -0.3 is 10.3 Å². The SMILES string of the molecule is Cc1cc(C)c(/C=C2/C=CC(C3=CC4=CC=CCC4N3)=N2)[nH]1. The number of hydrogen-bond donors (Lipinski definition) is 2. The molecule has 1 unspecified atom stereocenters. The summed E-state index contributed by atoms with van der Waals surface area (Å²) in [6.45, 7) is 4.19. The fourth-order valence-corrected chi connectivity index (χ4v) is 3.14. The summed E-state index contributed by atoms with van der Waals surface area (Å²) in [6, 6.07) is 2.57. The Bertz CT molecular complexity index is 810. The predicted octanol–water partition coefficient (Wildman–Crippen LogP) is 3.73. The number of aliphatic imine (C=N–C) groups is 1. The molecule has 3 heterocycles. The number of nitrogens with zero attached hydrogens (tertiary/aromatic N) is 1. The molecule has 4 rings (SSSR count). The molecule has 1 atom stereocenters. The van der Waals surface area contributed by atoms with E-state index in [1.165, 1.54) is 16.8 Å². The van der Waals surface area contributed by atoms with Crippen LogP contribution in [0.25, 0.3) is 6.08 Å². The van der Waals surface area contributed by atoms with Gasteiger partial charge in [0.1, 0.15) is 0 Å². The maximum absolute atomic E-state index is 4.74. The standard InChI is InChI=1S/C19H19N3/c1-12-9-13(2)20-18(12)11-15-7-8-17(21-15)19-10-14-5-3-4-6-16(14)22-19/h3-5,7-11,16,20,22H,6H2,1-2H3/b15-11-. The minimum atomic E-state index is 0.414. The average molecular weight is 289 g/mol. The third-order valence-electron chi connectivity index (χ3n) is 4.26. The van der Waals surface area contributed by atoms with Crippen molar-refractivity contribution in [1.82, 2.24) is 10.3 Å². The first-order valence-electron chi connectivity index (χ1n) is 7.69. The van der Waals surface area contributed by atoms with Gasteiger partial charge in [-0.25, -0.2) is 4.99 Å². The molecule has 1 aliphatic carbocycles. The first-order valence-corrected chi connectivity index (χ1v) is 7.69. The molecule has 0 spiro atoms. The summed E-state index contributed by atoms with van der Waals surface area (Å²) in [6.07, 6.45) is 16.0. The molecule has 3 aliphatic rings. The second kappa shape index (κ2) is 5.02. The van der Waals surface area contributed by atoms with Crippen LogP contribution in [-0.2, 0) is 0 Å². The van der Waals surface area contributed by atoms with E-state index in [9.17, 15) is 0 Å². The van der Waals surface area contributed by atoms with Crippen LogP contribution in [0.1, 0.15) is 23.4 Å². The van der Waals surface area contributed by atoms with E-state index < -0.39 is 0 Å². The highest BCUT2D eigenvalue weighted by Crippen LogP contribution is 2.26. The molecule has 0 saturated heterocycles. The molecule has 3 heteroatoms. The summed E-state index contributed by atoms with van der Waals surface area (Å²) >= 11 is 0. The second-order valence-corrected chi connectivity index (χ2v) is 6.03. The van der Waals surface area contributed by atoms with E-state index in [1.807, 2.05) is 0 Å². The highest BCUT2D eigenvalue weighted by molar-refractivity contribution is 6.11. The highest BCUT2D eigenvalue weighted by atomic mass is 15.0. The third kappa shape index (κ3) is 2.29. The maximum atomic E-state index is 4.74. The third-order valence-corrected chi connectivity index (χ3v) is 4.26. The normalized spacial score (nSPS) is 24.2. The molecule has 0 aromatic carbocycles. The Hall–Kier alpha value is -2.55. The molecule has 0 radical (unpaired) electrons. The smallest absolute Gasteiger partial charge is 0.0869 e. The van der Waals surface area contributed by atoms with Crippen LogP contribution in [0.15, 0.2) is 64.5 Å². The van der Waals surface area contributed by atoms with Gasteiger partial charge in [-0.3, -0.25) is 0 Å². The van der Waals surface area contributed by atoms with Crippen molar-refractivity contribution in [1.29, 1.82) is 0 Å². The first kappa shape index (κ1) is 13.1. The number of hydrogen-bond acceptors (Lipinski definition) is 2. The average Bonchev–Trinajstić information content (AvgIpc) is 3.18. The van der Waals surface area contributed by atoms with E-state index in [-0.39, 0.29) is 0 Å². The van der Waals surface area contributed by atoms with E-state index in [2.05, 4.69) is 72.7 Å². The molecular weight excluding hydrogens is 270 g/mol. The lowest BCUT2D eigenvalue weighted by Gasteiger charge is -2.14. The number of aryl methyl sites for hydroxylation is 2. The summed E-state index contributed by atoms with van der Waals surface area (Å²) in [5.74, 6) is 0. The van der Waals surface area contributed by atoms with Crippen molar-refractivity contribution in [3.8, 4) is 0 Å². The largest absolute Gasteiger partial charge is 0.376 e. The molecule has 1 aromatic rings. The zero-order valence-corrected chi connectivity index (χ0v) is 12.9. The van der Waals surface area contributed by atoms with E-state index in [0.717, 1.165) is 29.2 Å². The van der Waals surface area contributed by atoms with Gasteiger partial charge in [-0.1, -0.05) is 18.2 Å². The topological polar surface area (TPSA) is 40.2 Å². The fourth-order valence-electron chi connectivity index (χ4n) is 3.14. The van der Waals surface area contributed by atoms with Crippen LogP contribution in [0.4, 0.5) is 0 Å². The quantitative estimate of drug-likeness (QED) is 0.855. The summed E-state index contributed by atoms with van der Waals surface area (Å²) in [7, 11) is 0. The Labute approximate surface area is 130 Å². The highest BCUT2D eigenvalue weighted by Gasteiger charge is 2.24. The van der Waals surface area contributed by atoms with Crippen molar-refractivity contribution < 1.29 is 0 Å². The van der Waals surface area contributed by atoms with Gasteiger partial charge >= 0.3 is 0 Å². The number of rotatable bonds is 2. The van der Waals surface area contributed by atoms with Gasteiger partial charge in [0.15, 0.2) is 0 Å². The number of aromatic amines is 1. The molecule has 0 saturated carbocycles. The predicted molar refractivity (Wildman–Crippen MR) is 91.7 cm³/mol. The van der Waals surface area contributed by atoms with Crippen LogP contribution < -0.4 is 5.32 Å². The Morgan fingerprint density at radius 1 is 1.27 bits per heavy atom. The van der Waals surface area contributed by atoms with Crippen molar-refractivity contribution in [2.24, 2.45) is 4.99 Å². The summed E-state index contributed by atoms with van der Waals surface area (Å²) < 4.78 is 0. The van der Waals surface area contributed by atoms with Crippen LogP contribution in [0.5, 0.6) is 0 Å². The Morgan fingerprint density at radius 3 is 2.95 bits per heavy atom. The lowest BCUT2D eigenvalue weighted by molar-refractivity contribution is 0.698. The maximum Gasteiger partial charge on any atom is 0.0869 e. The Morgan fingerprint density at radius 2 is 2.18 bits per heavy atom. The van der Waals surface area contributed by atoms with Crippen molar-refractivity contribution in [2.75, 3.05) is 0 Å². The summed E-state index contributed by atoms with van der Waals surface area (Å²) in [5, 5.41) is 3.56. The number of allylic oxidation sites excluding steroid dienone is 4. The molecule has 22 heavy (non-hydrogen) atoms. The lowest BCUT2D eigenvalue weighted by Crippen LogP contribution is -2.26. The van der Waals surface area contributed by atoms with Gasteiger partial charge in [0.2, 0.25) is 0 Å². The van der Waals surface area contributed by atoms with Gasteiger partial charge in [0.05, 0.1) is 23.1 Å². The van der Waals surface area contributed by atoms with Gasteiger partial charge in [0, 0.05) is 11.4 Å². The van der Waals surface area contributed by atoms with Crippen LogP contribution >= 0.6 is 0 Å². The zero-order valence-electron chi connectivity index (χ0n) is 12.9. The van der Waals surface area contributed by atoms with Crippen LogP contribution in [0, 0.1) is 13.8 Å². The first-order chi connectivity index (χ1) is 10.7. The molecule has 0 fully saturated rings. The van der Waals surface area contributed by atoms with Gasteiger partial charge in [0.25, 0.3) is 0 Å². The Kier molecular flexibility index (Phi) is 3.00. The molecule has 0 bridgehead atoms. The molecule has 110 valence electrons. The second-order valence-electron chi connectivity index (χ2n) is 6.03. The zero-order chi connectivity index (χ0) is 15.1. The van der Waals surface area contributed by atoms with Gasteiger partial charge in [-0.2, -0.15) is 0 Å². The molecular formula is C19H19N3. The van der Waals surface area contributed by atoms with Gasteiger partial charge in [-0.05, 0) is 61.8 Å². The number of fused-ring (bicyclic) bond motifs is 1. The molecule has 2 N–H and O–H groups in total. The van der Waals surface area contributed by atoms with Gasteiger partial charge in [-0.15, -0.1) is 0 Å².